The molecule has 3 nitrogen and oxygen atoms in total. The van der Waals surface area contributed by atoms with E-state index in [0.717, 1.165) is 29.6 Å². The number of benzene rings is 1. The van der Waals surface area contributed by atoms with Crippen molar-refractivity contribution in [2.45, 2.75) is 39.7 Å². The van der Waals surface area contributed by atoms with Gasteiger partial charge in [-0.3, -0.25) is 4.68 Å². The van der Waals surface area contributed by atoms with E-state index in [1.54, 1.807) is 0 Å². The molecule has 114 valence electrons. The van der Waals surface area contributed by atoms with Crippen LogP contribution in [0.1, 0.15) is 41.9 Å². The van der Waals surface area contributed by atoms with Gasteiger partial charge in [-0.15, -0.1) is 0 Å². The highest BCUT2D eigenvalue weighted by molar-refractivity contribution is 9.10. The first-order valence-electron chi connectivity index (χ1n) is 7.50. The standard InChI is InChI=1S/C17H24BrN3/c1-5-8-19-17(11-15-10-13(3)20-21(15)4)14-6-7-16(18)12(2)9-14/h6-7,9-10,17,19H,5,8,11H2,1-4H3. The van der Waals surface area contributed by atoms with Gasteiger partial charge >= 0.3 is 0 Å². The van der Waals surface area contributed by atoms with Gasteiger partial charge in [0.15, 0.2) is 0 Å². The van der Waals surface area contributed by atoms with Crippen LogP contribution in [0.25, 0.3) is 0 Å². The average Bonchev–Trinajstić information content (AvgIpc) is 2.76. The minimum atomic E-state index is 0.326. The molecule has 0 aliphatic rings. The van der Waals surface area contributed by atoms with Gasteiger partial charge in [-0.25, -0.2) is 0 Å². The first kappa shape index (κ1) is 16.2. The van der Waals surface area contributed by atoms with E-state index in [9.17, 15) is 0 Å². The number of halogens is 1. The number of nitrogens with one attached hydrogen (secondary N) is 1. The fourth-order valence-electron chi connectivity index (χ4n) is 2.58. The molecule has 0 bridgehead atoms. The van der Waals surface area contributed by atoms with E-state index < -0.39 is 0 Å². The van der Waals surface area contributed by atoms with Gasteiger partial charge in [-0.1, -0.05) is 35.0 Å². The zero-order chi connectivity index (χ0) is 15.4. The fourth-order valence-corrected chi connectivity index (χ4v) is 2.82. The van der Waals surface area contributed by atoms with Gasteiger partial charge in [-0.2, -0.15) is 5.10 Å². The molecule has 0 saturated carbocycles. The second-order valence-electron chi connectivity index (χ2n) is 5.62. The van der Waals surface area contributed by atoms with Crippen LogP contribution in [-0.4, -0.2) is 16.3 Å². The summed E-state index contributed by atoms with van der Waals surface area (Å²) in [4.78, 5) is 0. The van der Waals surface area contributed by atoms with Crippen molar-refractivity contribution in [1.82, 2.24) is 15.1 Å². The number of aryl methyl sites for hydroxylation is 3. The predicted molar refractivity (Wildman–Crippen MR) is 91.6 cm³/mol. The Morgan fingerprint density at radius 1 is 1.29 bits per heavy atom. The third-order valence-corrected chi connectivity index (χ3v) is 4.63. The minimum Gasteiger partial charge on any atom is -0.310 e. The number of hydrogen-bond acceptors (Lipinski definition) is 2. The van der Waals surface area contributed by atoms with E-state index >= 15 is 0 Å². The summed E-state index contributed by atoms with van der Waals surface area (Å²) in [6.07, 6.45) is 2.09. The Kier molecular flexibility index (Phi) is 5.59. The van der Waals surface area contributed by atoms with Crippen LogP contribution in [0.4, 0.5) is 0 Å². The molecule has 4 heteroatoms. The Hall–Kier alpha value is -1.13. The normalized spacial score (nSPS) is 12.6. The lowest BCUT2D eigenvalue weighted by Crippen LogP contribution is -2.25. The number of rotatable bonds is 6. The molecule has 0 spiro atoms. The van der Waals surface area contributed by atoms with Gasteiger partial charge in [0.2, 0.25) is 0 Å². The highest BCUT2D eigenvalue weighted by Crippen LogP contribution is 2.24. The van der Waals surface area contributed by atoms with Crippen LogP contribution < -0.4 is 5.32 Å². The maximum atomic E-state index is 4.45. The smallest absolute Gasteiger partial charge is 0.0596 e. The van der Waals surface area contributed by atoms with Crippen LogP contribution >= 0.6 is 15.9 Å². The van der Waals surface area contributed by atoms with Crippen molar-refractivity contribution in [2.24, 2.45) is 7.05 Å². The van der Waals surface area contributed by atoms with Gasteiger partial charge in [0.1, 0.15) is 0 Å². The summed E-state index contributed by atoms with van der Waals surface area (Å²) in [5.74, 6) is 0. The molecule has 1 N–H and O–H groups in total. The van der Waals surface area contributed by atoms with E-state index in [-0.39, 0.29) is 0 Å². The molecule has 21 heavy (non-hydrogen) atoms. The molecule has 1 atom stereocenters. The maximum absolute atomic E-state index is 4.45. The zero-order valence-electron chi connectivity index (χ0n) is 13.3. The summed E-state index contributed by atoms with van der Waals surface area (Å²) in [6.45, 7) is 7.40. The molecule has 0 aliphatic heterocycles. The van der Waals surface area contributed by atoms with E-state index in [1.165, 1.54) is 16.8 Å². The molecule has 0 amide bonds. The second-order valence-corrected chi connectivity index (χ2v) is 6.47. The molecule has 0 saturated heterocycles. The van der Waals surface area contributed by atoms with Crippen LogP contribution in [0.5, 0.6) is 0 Å². The largest absolute Gasteiger partial charge is 0.310 e. The number of aromatic nitrogens is 2. The van der Waals surface area contributed by atoms with Crippen LogP contribution in [0.2, 0.25) is 0 Å². The summed E-state index contributed by atoms with van der Waals surface area (Å²) < 4.78 is 3.15. The first-order chi connectivity index (χ1) is 10.0. The number of nitrogens with zero attached hydrogens (tertiary/aromatic N) is 2. The Balaban J connectivity index is 2.24. The fraction of sp³-hybridized carbons (Fsp3) is 0.471. The van der Waals surface area contributed by atoms with Gasteiger partial charge < -0.3 is 5.32 Å². The lowest BCUT2D eigenvalue weighted by molar-refractivity contribution is 0.512. The van der Waals surface area contributed by atoms with Gasteiger partial charge in [0.25, 0.3) is 0 Å². The highest BCUT2D eigenvalue weighted by atomic mass is 79.9. The van der Waals surface area contributed by atoms with Crippen LogP contribution in [0.15, 0.2) is 28.7 Å². The molecule has 1 aromatic heterocycles. The van der Waals surface area contributed by atoms with Gasteiger partial charge in [-0.05, 0) is 50.1 Å². The van der Waals surface area contributed by atoms with Crippen molar-refractivity contribution < 1.29 is 0 Å². The third kappa shape index (κ3) is 4.17. The summed E-state index contributed by atoms with van der Waals surface area (Å²) >= 11 is 3.58. The Labute approximate surface area is 135 Å². The summed E-state index contributed by atoms with van der Waals surface area (Å²) in [6, 6.07) is 9.10. The topological polar surface area (TPSA) is 29.9 Å². The number of hydrogen-bond donors (Lipinski definition) is 1. The van der Waals surface area contributed by atoms with E-state index in [2.05, 4.69) is 64.5 Å². The average molecular weight is 350 g/mol. The summed E-state index contributed by atoms with van der Waals surface area (Å²) in [5, 5.41) is 8.11. The molecule has 0 fully saturated rings. The quantitative estimate of drug-likeness (QED) is 0.851. The van der Waals surface area contributed by atoms with E-state index in [4.69, 9.17) is 0 Å². The first-order valence-corrected chi connectivity index (χ1v) is 8.29. The Morgan fingerprint density at radius 2 is 2.05 bits per heavy atom. The minimum absolute atomic E-state index is 0.326. The molecular weight excluding hydrogens is 326 g/mol. The predicted octanol–water partition coefficient (Wildman–Crippen LogP) is 4.08. The van der Waals surface area contributed by atoms with Crippen LogP contribution in [0, 0.1) is 13.8 Å². The van der Waals surface area contributed by atoms with Crippen molar-refractivity contribution in [3.05, 3.63) is 51.3 Å². The van der Waals surface area contributed by atoms with Crippen molar-refractivity contribution in [2.75, 3.05) is 6.54 Å². The van der Waals surface area contributed by atoms with Gasteiger partial charge in [0, 0.05) is 29.7 Å². The SMILES string of the molecule is CCCNC(Cc1cc(C)nn1C)c1ccc(Br)c(C)c1. The molecular formula is C17H24BrN3. The molecule has 0 radical (unpaired) electrons. The Morgan fingerprint density at radius 3 is 2.62 bits per heavy atom. The maximum Gasteiger partial charge on any atom is 0.0596 e. The second kappa shape index (κ2) is 7.23. The van der Waals surface area contributed by atoms with E-state index in [1.807, 2.05) is 18.7 Å². The third-order valence-electron chi connectivity index (χ3n) is 3.74. The lowest BCUT2D eigenvalue weighted by atomic mass is 10.00. The van der Waals surface area contributed by atoms with E-state index in [0.29, 0.717) is 6.04 Å². The van der Waals surface area contributed by atoms with Crippen molar-refractivity contribution in [1.29, 1.82) is 0 Å². The highest BCUT2D eigenvalue weighted by Gasteiger charge is 2.15. The van der Waals surface area contributed by atoms with Crippen LogP contribution in [-0.2, 0) is 13.5 Å². The molecule has 1 heterocycles. The molecule has 1 aromatic carbocycles. The van der Waals surface area contributed by atoms with Gasteiger partial charge in [0.05, 0.1) is 5.69 Å². The van der Waals surface area contributed by atoms with Crippen molar-refractivity contribution in [3.8, 4) is 0 Å². The van der Waals surface area contributed by atoms with Crippen LogP contribution in [0.3, 0.4) is 0 Å². The molecule has 2 aromatic rings. The van der Waals surface area contributed by atoms with Crippen molar-refractivity contribution in [3.63, 3.8) is 0 Å². The molecule has 1 unspecified atom stereocenters. The molecule has 2 rings (SSSR count). The Bertz CT molecular complexity index is 604. The lowest BCUT2D eigenvalue weighted by Gasteiger charge is -2.20. The summed E-state index contributed by atoms with van der Waals surface area (Å²) in [5.41, 5.74) is 4.95. The monoisotopic (exact) mass is 349 g/mol. The zero-order valence-corrected chi connectivity index (χ0v) is 14.9. The van der Waals surface area contributed by atoms with Crippen molar-refractivity contribution >= 4 is 15.9 Å². The summed E-state index contributed by atoms with van der Waals surface area (Å²) in [7, 11) is 2.02. The molecule has 0 aliphatic carbocycles.